The molecule has 0 bridgehead atoms. The number of hydrogen-bond donors (Lipinski definition) is 1. The predicted octanol–water partition coefficient (Wildman–Crippen LogP) is 2.41. The Morgan fingerprint density at radius 3 is 2.70 bits per heavy atom. The molecule has 2 rings (SSSR count). The number of benzene rings is 1. The number of nitrogens with zero attached hydrogens (tertiary/aromatic N) is 2. The van der Waals surface area contributed by atoms with E-state index in [9.17, 15) is 9.18 Å². The number of halogens is 1. The van der Waals surface area contributed by atoms with Crippen molar-refractivity contribution in [2.45, 2.75) is 23.9 Å². The topological polar surface area (TPSA) is 54.9 Å². The maximum Gasteiger partial charge on any atom is 0.233 e. The van der Waals surface area contributed by atoms with E-state index >= 15 is 0 Å². The van der Waals surface area contributed by atoms with Crippen molar-refractivity contribution < 1.29 is 9.18 Å². The molecule has 1 heterocycles. The third-order valence-electron chi connectivity index (χ3n) is 2.60. The Morgan fingerprint density at radius 2 is 2.00 bits per heavy atom. The lowest BCUT2D eigenvalue weighted by Crippen LogP contribution is -2.30. The van der Waals surface area contributed by atoms with Gasteiger partial charge in [0.2, 0.25) is 5.91 Å². The fourth-order valence-electron chi connectivity index (χ4n) is 1.53. The van der Waals surface area contributed by atoms with Gasteiger partial charge in [-0.05, 0) is 19.1 Å². The molecule has 0 aliphatic heterocycles. The van der Waals surface area contributed by atoms with Crippen molar-refractivity contribution in [1.82, 2.24) is 15.3 Å². The number of amides is 1. The van der Waals surface area contributed by atoms with Crippen LogP contribution in [0.3, 0.4) is 0 Å². The summed E-state index contributed by atoms with van der Waals surface area (Å²) in [7, 11) is 0. The highest BCUT2D eigenvalue weighted by Gasteiger charge is 2.15. The second-order valence-corrected chi connectivity index (χ2v) is 5.41. The van der Waals surface area contributed by atoms with Gasteiger partial charge in [0.25, 0.3) is 0 Å². The van der Waals surface area contributed by atoms with Crippen LogP contribution in [0, 0.1) is 5.82 Å². The van der Waals surface area contributed by atoms with E-state index in [2.05, 4.69) is 15.3 Å². The number of thioether (sulfide) groups is 1. The SMILES string of the molecule is CC(Sc1ncccn1)C(=O)NCc1ccccc1F. The minimum atomic E-state index is -0.343. The van der Waals surface area contributed by atoms with Crippen molar-refractivity contribution in [2.75, 3.05) is 0 Å². The summed E-state index contributed by atoms with van der Waals surface area (Å²) in [5.74, 6) is -0.495. The van der Waals surface area contributed by atoms with Crippen LogP contribution >= 0.6 is 11.8 Å². The second-order valence-electron chi connectivity index (χ2n) is 4.10. The molecule has 0 aliphatic carbocycles. The number of nitrogens with one attached hydrogen (secondary N) is 1. The molecular formula is C14H14FN3OS. The first-order chi connectivity index (χ1) is 9.66. The smallest absolute Gasteiger partial charge is 0.233 e. The molecule has 0 saturated carbocycles. The Kier molecular flexibility index (Phi) is 5.06. The van der Waals surface area contributed by atoms with Gasteiger partial charge in [0.15, 0.2) is 5.16 Å². The summed E-state index contributed by atoms with van der Waals surface area (Å²) in [4.78, 5) is 20.0. The maximum absolute atomic E-state index is 13.4. The number of carbonyl (C=O) groups is 1. The molecule has 4 nitrogen and oxygen atoms in total. The first-order valence-electron chi connectivity index (χ1n) is 6.11. The van der Waals surface area contributed by atoms with Crippen molar-refractivity contribution in [3.63, 3.8) is 0 Å². The minimum Gasteiger partial charge on any atom is -0.351 e. The molecule has 0 saturated heterocycles. The molecule has 6 heteroatoms. The summed E-state index contributed by atoms with van der Waals surface area (Å²) < 4.78 is 13.4. The molecule has 0 aliphatic rings. The van der Waals surface area contributed by atoms with Gasteiger partial charge in [0.05, 0.1) is 5.25 Å². The minimum absolute atomic E-state index is 0.173. The molecule has 1 unspecified atom stereocenters. The maximum atomic E-state index is 13.4. The van der Waals surface area contributed by atoms with E-state index in [1.54, 1.807) is 43.6 Å². The van der Waals surface area contributed by atoms with E-state index in [0.29, 0.717) is 10.7 Å². The Bertz CT molecular complexity index is 580. The molecule has 104 valence electrons. The summed E-state index contributed by atoms with van der Waals surface area (Å²) in [5, 5.41) is 2.90. The van der Waals surface area contributed by atoms with E-state index in [4.69, 9.17) is 0 Å². The third kappa shape index (κ3) is 4.03. The quantitative estimate of drug-likeness (QED) is 0.679. The van der Waals surface area contributed by atoms with E-state index in [1.165, 1.54) is 17.8 Å². The Labute approximate surface area is 120 Å². The van der Waals surface area contributed by atoms with Crippen molar-refractivity contribution in [3.8, 4) is 0 Å². The number of rotatable bonds is 5. The number of hydrogen-bond acceptors (Lipinski definition) is 4. The first kappa shape index (κ1) is 14.5. The zero-order chi connectivity index (χ0) is 14.4. The van der Waals surface area contributed by atoms with Gasteiger partial charge in [-0.25, -0.2) is 14.4 Å². The molecule has 0 radical (unpaired) electrons. The average Bonchev–Trinajstić information content (AvgIpc) is 2.47. The molecule has 20 heavy (non-hydrogen) atoms. The molecular weight excluding hydrogens is 277 g/mol. The number of carbonyl (C=O) groups excluding carboxylic acids is 1. The molecule has 2 aromatic rings. The van der Waals surface area contributed by atoms with E-state index < -0.39 is 0 Å². The van der Waals surface area contributed by atoms with Crippen LogP contribution in [0.15, 0.2) is 47.9 Å². The van der Waals surface area contributed by atoms with Crippen LogP contribution in [-0.4, -0.2) is 21.1 Å². The summed E-state index contributed by atoms with van der Waals surface area (Å²) >= 11 is 1.26. The summed E-state index contributed by atoms with van der Waals surface area (Å²) in [6, 6.07) is 8.09. The normalized spacial score (nSPS) is 11.9. The Morgan fingerprint density at radius 1 is 1.30 bits per heavy atom. The van der Waals surface area contributed by atoms with E-state index in [-0.39, 0.29) is 23.5 Å². The Hall–Kier alpha value is -1.95. The van der Waals surface area contributed by atoms with Crippen LogP contribution in [0.1, 0.15) is 12.5 Å². The van der Waals surface area contributed by atoms with Gasteiger partial charge in [-0.2, -0.15) is 0 Å². The molecule has 1 N–H and O–H groups in total. The van der Waals surface area contributed by atoms with Gasteiger partial charge in [-0.3, -0.25) is 4.79 Å². The lowest BCUT2D eigenvalue weighted by molar-refractivity contribution is -0.120. The lowest BCUT2D eigenvalue weighted by atomic mass is 10.2. The van der Waals surface area contributed by atoms with Crippen molar-refractivity contribution in [3.05, 3.63) is 54.1 Å². The van der Waals surface area contributed by atoms with Crippen LogP contribution in [0.25, 0.3) is 0 Å². The zero-order valence-electron chi connectivity index (χ0n) is 10.9. The van der Waals surface area contributed by atoms with E-state index in [1.807, 2.05) is 0 Å². The standard InChI is InChI=1S/C14H14FN3OS/c1-10(20-14-16-7-4-8-17-14)13(19)18-9-11-5-2-3-6-12(11)15/h2-8,10H,9H2,1H3,(H,18,19). The average molecular weight is 291 g/mol. The van der Waals surface area contributed by atoms with Crippen LogP contribution in [-0.2, 0) is 11.3 Å². The van der Waals surface area contributed by atoms with E-state index in [0.717, 1.165) is 0 Å². The summed E-state index contributed by atoms with van der Waals surface area (Å²) in [6.07, 6.45) is 3.25. The van der Waals surface area contributed by atoms with Crippen LogP contribution in [0.2, 0.25) is 0 Å². The first-order valence-corrected chi connectivity index (χ1v) is 6.99. The van der Waals surface area contributed by atoms with Gasteiger partial charge in [-0.1, -0.05) is 30.0 Å². The zero-order valence-corrected chi connectivity index (χ0v) is 11.7. The molecule has 0 spiro atoms. The lowest BCUT2D eigenvalue weighted by Gasteiger charge is -2.11. The van der Waals surface area contributed by atoms with Crippen molar-refractivity contribution >= 4 is 17.7 Å². The fourth-order valence-corrected chi connectivity index (χ4v) is 2.28. The highest BCUT2D eigenvalue weighted by molar-refractivity contribution is 8.00. The van der Waals surface area contributed by atoms with Crippen molar-refractivity contribution in [2.24, 2.45) is 0 Å². The molecule has 1 atom stereocenters. The highest BCUT2D eigenvalue weighted by atomic mass is 32.2. The predicted molar refractivity (Wildman–Crippen MR) is 75.6 cm³/mol. The van der Waals surface area contributed by atoms with Gasteiger partial charge in [-0.15, -0.1) is 0 Å². The second kappa shape index (κ2) is 7.00. The van der Waals surface area contributed by atoms with Crippen molar-refractivity contribution in [1.29, 1.82) is 0 Å². The number of aromatic nitrogens is 2. The summed E-state index contributed by atoms with van der Waals surface area (Å²) in [6.45, 7) is 1.93. The van der Waals surface area contributed by atoms with Gasteiger partial charge in [0, 0.05) is 24.5 Å². The van der Waals surface area contributed by atoms with Gasteiger partial charge in [0.1, 0.15) is 5.82 Å². The molecule has 1 aromatic carbocycles. The third-order valence-corrected chi connectivity index (χ3v) is 3.59. The van der Waals surface area contributed by atoms with Gasteiger partial charge < -0.3 is 5.32 Å². The largest absolute Gasteiger partial charge is 0.351 e. The van der Waals surface area contributed by atoms with Crippen LogP contribution in [0.5, 0.6) is 0 Å². The highest BCUT2D eigenvalue weighted by Crippen LogP contribution is 2.18. The Balaban J connectivity index is 1.87. The molecule has 1 amide bonds. The van der Waals surface area contributed by atoms with Crippen LogP contribution < -0.4 is 5.32 Å². The monoisotopic (exact) mass is 291 g/mol. The molecule has 0 fully saturated rings. The fraction of sp³-hybridized carbons (Fsp3) is 0.214. The summed E-state index contributed by atoms with van der Waals surface area (Å²) in [5.41, 5.74) is 0.467. The molecule has 1 aromatic heterocycles. The van der Waals surface area contributed by atoms with Crippen LogP contribution in [0.4, 0.5) is 4.39 Å². The van der Waals surface area contributed by atoms with Gasteiger partial charge >= 0.3 is 0 Å².